The quantitative estimate of drug-likeness (QED) is 0.126. The van der Waals surface area contributed by atoms with Gasteiger partial charge in [-0.25, -0.2) is 0 Å². The number of carbonyl (C=O) groups is 2. The fourth-order valence-corrected chi connectivity index (χ4v) is 9.41. The zero-order chi connectivity index (χ0) is 45.5. The highest BCUT2D eigenvalue weighted by atomic mass is 35.5. The summed E-state index contributed by atoms with van der Waals surface area (Å²) in [5.74, 6) is -2.86. The molecule has 2 aromatic heterocycles. The summed E-state index contributed by atoms with van der Waals surface area (Å²) < 4.78 is 0. The second-order valence-electron chi connectivity index (χ2n) is 15.4. The number of pyridine rings is 2. The number of hydrogen-bond acceptors (Lipinski definition) is 6. The maximum absolute atomic E-state index is 12.8. The number of nitrogens with zero attached hydrogens (tertiary/aromatic N) is 4. The van der Waals surface area contributed by atoms with Crippen molar-refractivity contribution in [2.24, 2.45) is 11.5 Å². The van der Waals surface area contributed by atoms with Gasteiger partial charge in [0.05, 0.1) is 22.8 Å². The summed E-state index contributed by atoms with van der Waals surface area (Å²) in [5.41, 5.74) is 20.8. The predicted octanol–water partition coefficient (Wildman–Crippen LogP) is 12.0. The summed E-state index contributed by atoms with van der Waals surface area (Å²) in [6.07, 6.45) is 0.768. The summed E-state index contributed by atoms with van der Waals surface area (Å²) in [4.78, 5) is 39.7. The minimum absolute atomic E-state index is 0.375. The van der Waals surface area contributed by atoms with E-state index in [-0.39, 0.29) is 0 Å². The van der Waals surface area contributed by atoms with Gasteiger partial charge in [-0.3, -0.25) is 24.5 Å². The number of benzene rings is 4. The Morgan fingerprint density at radius 1 is 0.556 bits per heavy atom. The second-order valence-corrected chi connectivity index (χ2v) is 17.8. The van der Waals surface area contributed by atoms with Gasteiger partial charge in [-0.1, -0.05) is 120 Å². The third-order valence-electron chi connectivity index (χ3n) is 11.4. The monoisotopic (exact) mass is 962 g/mol. The Morgan fingerprint density at radius 2 is 0.921 bits per heavy atom. The second kappa shape index (κ2) is 21.6. The molecule has 2 amide bonds. The number of rotatable bonds is 12. The van der Waals surface area contributed by atoms with Crippen LogP contribution in [0.2, 0.25) is 30.1 Å². The molecule has 8 nitrogen and oxygen atoms in total. The van der Waals surface area contributed by atoms with Crippen molar-refractivity contribution in [2.75, 3.05) is 32.7 Å². The number of hydrogen-bond donors (Lipinski definition) is 2. The van der Waals surface area contributed by atoms with Crippen LogP contribution in [0.25, 0.3) is 22.5 Å². The molecule has 2 atom stereocenters. The van der Waals surface area contributed by atoms with E-state index in [4.69, 9.17) is 91.0 Å². The third-order valence-corrected chi connectivity index (χ3v) is 13.5. The van der Waals surface area contributed by atoms with Crippen LogP contribution in [-0.4, -0.2) is 64.3 Å². The lowest BCUT2D eigenvalue weighted by molar-refractivity contribution is -0.119. The summed E-state index contributed by atoms with van der Waals surface area (Å²) in [6.45, 7) is 14.0. The van der Waals surface area contributed by atoms with E-state index in [9.17, 15) is 9.59 Å². The molecule has 2 unspecified atom stereocenters. The van der Waals surface area contributed by atoms with Crippen LogP contribution in [0, 0.1) is 13.8 Å². The fraction of sp³-hybridized carbons (Fsp3) is 0.265. The van der Waals surface area contributed by atoms with Crippen LogP contribution < -0.4 is 11.5 Å². The highest BCUT2D eigenvalue weighted by Crippen LogP contribution is 2.39. The standard InChI is InChI=1S/C27H29Cl3N4O.C22H19Cl3N2O/c1-3-33-10-12-34(13-11-33)16-18-14-23(19-6-4-7-20(28)17(19)2)32-24(15-18)26(27(31)35)25-21(29)8-5-9-22(25)30;1-3-13-10-18(14-6-4-7-15(23)12(14)2)27-19(11-13)21(22(26)28)20-16(24)8-5-9-17(20)25/h4-9,14-15,26H,3,10-13,16H2,1-2H3,(H2,31,35);4-11,21H,3H2,1-2H3,(H2,26,28). The molecule has 6 aromatic rings. The van der Waals surface area contributed by atoms with Gasteiger partial charge in [0.2, 0.25) is 11.8 Å². The summed E-state index contributed by atoms with van der Waals surface area (Å²) in [5, 5.41) is 2.83. The minimum atomic E-state index is -0.883. The number of likely N-dealkylation sites (N-methyl/N-ethyl adjacent to an activating group) is 1. The van der Waals surface area contributed by atoms with Crippen LogP contribution in [0.4, 0.5) is 0 Å². The van der Waals surface area contributed by atoms with E-state index in [0.29, 0.717) is 52.7 Å². The Bertz CT molecular complexity index is 2590. The van der Waals surface area contributed by atoms with Gasteiger partial charge in [0.15, 0.2) is 0 Å². The molecular weight excluding hydrogens is 917 g/mol. The molecule has 0 saturated carbocycles. The van der Waals surface area contributed by atoms with Gasteiger partial charge < -0.3 is 16.4 Å². The van der Waals surface area contributed by atoms with Crippen LogP contribution in [0.15, 0.2) is 97.1 Å². The van der Waals surface area contributed by atoms with Gasteiger partial charge in [0, 0.05) is 85.1 Å². The molecular formula is C49H48Cl6N6O2. The van der Waals surface area contributed by atoms with E-state index < -0.39 is 23.7 Å². The van der Waals surface area contributed by atoms with Crippen molar-refractivity contribution in [1.29, 1.82) is 0 Å². The van der Waals surface area contributed by atoms with E-state index >= 15 is 0 Å². The molecule has 0 aliphatic carbocycles. The Morgan fingerprint density at radius 3 is 1.32 bits per heavy atom. The number of piperazine rings is 1. The Hall–Kier alpha value is -4.22. The molecule has 1 aliphatic rings. The lowest BCUT2D eigenvalue weighted by Crippen LogP contribution is -2.45. The molecule has 4 aromatic carbocycles. The lowest BCUT2D eigenvalue weighted by Gasteiger charge is -2.34. The number of aromatic nitrogens is 2. The third kappa shape index (κ3) is 11.4. The number of aryl methyl sites for hydroxylation is 1. The van der Waals surface area contributed by atoms with Crippen LogP contribution in [0.5, 0.6) is 0 Å². The van der Waals surface area contributed by atoms with Gasteiger partial charge in [-0.2, -0.15) is 0 Å². The van der Waals surface area contributed by atoms with Gasteiger partial charge in [0.25, 0.3) is 0 Å². The van der Waals surface area contributed by atoms with Crippen molar-refractivity contribution in [3.8, 4) is 22.5 Å². The van der Waals surface area contributed by atoms with E-state index in [0.717, 1.165) is 90.5 Å². The normalized spacial score (nSPS) is 14.1. The van der Waals surface area contributed by atoms with Crippen molar-refractivity contribution in [3.05, 3.63) is 172 Å². The molecule has 0 bridgehead atoms. The van der Waals surface area contributed by atoms with Crippen molar-refractivity contribution >= 4 is 81.4 Å². The van der Waals surface area contributed by atoms with E-state index in [1.807, 2.05) is 75.4 Å². The highest BCUT2D eigenvalue weighted by molar-refractivity contribution is 6.37. The number of primary amides is 2. The maximum atomic E-state index is 12.8. The first kappa shape index (κ1) is 48.2. The Labute approximate surface area is 399 Å². The average Bonchev–Trinajstić information content (AvgIpc) is 3.25. The Balaban J connectivity index is 0.000000215. The van der Waals surface area contributed by atoms with E-state index in [1.165, 1.54) is 0 Å². The topological polar surface area (TPSA) is 118 Å². The molecule has 1 aliphatic heterocycles. The SMILES string of the molecule is CCN1CCN(Cc2cc(-c3cccc(Cl)c3C)nc(C(C(N)=O)c3c(Cl)cccc3Cl)c2)CC1.CCc1cc(-c2cccc(Cl)c2C)nc(C(C(N)=O)c2c(Cl)cccc2Cl)c1. The fourth-order valence-electron chi connectivity index (χ4n) is 7.83. The van der Waals surface area contributed by atoms with Crippen molar-refractivity contribution < 1.29 is 9.59 Å². The smallest absolute Gasteiger partial charge is 0.231 e. The van der Waals surface area contributed by atoms with Crippen molar-refractivity contribution in [2.45, 2.75) is 52.5 Å². The molecule has 14 heteroatoms. The number of halogens is 6. The number of amides is 2. The van der Waals surface area contributed by atoms with E-state index in [1.54, 1.807) is 36.4 Å². The highest BCUT2D eigenvalue weighted by Gasteiger charge is 2.30. The molecule has 1 fully saturated rings. The van der Waals surface area contributed by atoms with E-state index in [2.05, 4.69) is 22.8 Å². The molecule has 4 N–H and O–H groups in total. The molecule has 3 heterocycles. The maximum Gasteiger partial charge on any atom is 0.231 e. The zero-order valence-electron chi connectivity index (χ0n) is 35.4. The van der Waals surface area contributed by atoms with Crippen molar-refractivity contribution in [1.82, 2.24) is 19.8 Å². The first-order valence-corrected chi connectivity index (χ1v) is 22.8. The molecule has 328 valence electrons. The van der Waals surface area contributed by atoms with Gasteiger partial charge >= 0.3 is 0 Å². The van der Waals surface area contributed by atoms with Crippen LogP contribution >= 0.6 is 69.6 Å². The van der Waals surface area contributed by atoms with Crippen LogP contribution in [0.3, 0.4) is 0 Å². The van der Waals surface area contributed by atoms with Crippen molar-refractivity contribution in [3.63, 3.8) is 0 Å². The number of carbonyl (C=O) groups excluding carboxylic acids is 2. The van der Waals surface area contributed by atoms with Crippen LogP contribution in [0.1, 0.15) is 70.5 Å². The molecule has 63 heavy (non-hydrogen) atoms. The van der Waals surface area contributed by atoms with Crippen LogP contribution in [-0.2, 0) is 22.6 Å². The summed E-state index contributed by atoms with van der Waals surface area (Å²) >= 11 is 38.4. The molecule has 0 spiro atoms. The summed E-state index contributed by atoms with van der Waals surface area (Å²) in [6, 6.07) is 29.5. The largest absolute Gasteiger partial charge is 0.369 e. The predicted molar refractivity (Wildman–Crippen MR) is 261 cm³/mol. The van der Waals surface area contributed by atoms with Gasteiger partial charge in [-0.15, -0.1) is 0 Å². The Kier molecular flexibility index (Phi) is 16.6. The zero-order valence-corrected chi connectivity index (χ0v) is 39.9. The van der Waals surface area contributed by atoms with Gasteiger partial charge in [0.1, 0.15) is 11.8 Å². The number of nitrogens with two attached hydrogens (primary N) is 2. The molecule has 0 radical (unpaired) electrons. The summed E-state index contributed by atoms with van der Waals surface area (Å²) in [7, 11) is 0. The molecule has 7 rings (SSSR count). The average molecular weight is 966 g/mol. The first-order valence-electron chi connectivity index (χ1n) is 20.6. The first-order chi connectivity index (χ1) is 30.1. The lowest BCUT2D eigenvalue weighted by atomic mass is 9.92. The minimum Gasteiger partial charge on any atom is -0.369 e. The molecule has 1 saturated heterocycles. The van der Waals surface area contributed by atoms with Gasteiger partial charge in [-0.05, 0) is 110 Å².